The van der Waals surface area contributed by atoms with Crippen molar-refractivity contribution in [3.05, 3.63) is 60.4 Å². The van der Waals surface area contributed by atoms with E-state index in [0.717, 1.165) is 35.6 Å². The summed E-state index contributed by atoms with van der Waals surface area (Å²) in [6.45, 7) is 2.35. The molecule has 0 atom stereocenters. The molecule has 1 fully saturated rings. The molecule has 118 valence electrons. The van der Waals surface area contributed by atoms with Gasteiger partial charge >= 0.3 is 0 Å². The van der Waals surface area contributed by atoms with Gasteiger partial charge in [0.15, 0.2) is 0 Å². The molecule has 5 heteroatoms. The summed E-state index contributed by atoms with van der Waals surface area (Å²) in [5, 5.41) is 10.4. The number of para-hydroxylation sites is 1. The second-order valence-corrected chi connectivity index (χ2v) is 5.93. The molecule has 5 nitrogen and oxygen atoms in total. The van der Waals surface area contributed by atoms with Gasteiger partial charge in [-0.1, -0.05) is 18.2 Å². The molecule has 2 aromatic heterocycles. The van der Waals surface area contributed by atoms with Crippen LogP contribution in [0.5, 0.6) is 5.75 Å². The minimum absolute atomic E-state index is 0.435. The lowest BCUT2D eigenvalue weighted by molar-refractivity contribution is 0.219. The van der Waals surface area contributed by atoms with Crippen molar-refractivity contribution < 1.29 is 4.74 Å². The SMILES string of the molecule is N#Cc1cc2ccccc2nc1N1CC(COc2cccnc2)C1. The number of hydrogen-bond donors (Lipinski definition) is 0. The smallest absolute Gasteiger partial charge is 0.147 e. The summed E-state index contributed by atoms with van der Waals surface area (Å²) in [6.07, 6.45) is 3.45. The van der Waals surface area contributed by atoms with Gasteiger partial charge in [-0.3, -0.25) is 4.98 Å². The number of aromatic nitrogens is 2. The number of benzene rings is 1. The molecule has 4 rings (SSSR count). The lowest BCUT2D eigenvalue weighted by Gasteiger charge is -2.40. The van der Waals surface area contributed by atoms with Crippen LogP contribution in [0.4, 0.5) is 5.82 Å². The maximum atomic E-state index is 9.42. The molecular weight excluding hydrogens is 300 g/mol. The lowest BCUT2D eigenvalue weighted by Crippen LogP contribution is -2.50. The van der Waals surface area contributed by atoms with Crippen LogP contribution in [0, 0.1) is 17.2 Å². The Morgan fingerprint density at radius 2 is 2.08 bits per heavy atom. The number of ether oxygens (including phenoxy) is 1. The standard InChI is InChI=1S/C19H16N4O/c20-9-16-8-15-4-1-2-6-18(15)22-19(16)23-11-14(12-23)13-24-17-5-3-7-21-10-17/h1-8,10,14H,11-13H2. The predicted octanol–water partition coefficient (Wildman–Crippen LogP) is 3.02. The largest absolute Gasteiger partial charge is 0.492 e. The van der Waals surface area contributed by atoms with E-state index >= 15 is 0 Å². The van der Waals surface area contributed by atoms with E-state index in [2.05, 4.69) is 20.9 Å². The number of nitrogens with zero attached hydrogens (tertiary/aromatic N) is 4. The quantitative estimate of drug-likeness (QED) is 0.740. The van der Waals surface area contributed by atoms with Gasteiger partial charge in [0.2, 0.25) is 0 Å². The molecule has 24 heavy (non-hydrogen) atoms. The minimum Gasteiger partial charge on any atom is -0.492 e. The maximum absolute atomic E-state index is 9.42. The summed E-state index contributed by atoms with van der Waals surface area (Å²) in [7, 11) is 0. The van der Waals surface area contributed by atoms with Crippen LogP contribution in [0.2, 0.25) is 0 Å². The molecule has 0 radical (unpaired) electrons. The van der Waals surface area contributed by atoms with E-state index in [-0.39, 0.29) is 0 Å². The van der Waals surface area contributed by atoms with Gasteiger partial charge < -0.3 is 9.64 Å². The van der Waals surface area contributed by atoms with E-state index in [9.17, 15) is 5.26 Å². The molecule has 1 aliphatic rings. The molecule has 0 unspecified atom stereocenters. The number of nitriles is 1. The van der Waals surface area contributed by atoms with Crippen LogP contribution in [0.3, 0.4) is 0 Å². The lowest BCUT2D eigenvalue weighted by atomic mass is 10.00. The molecule has 0 amide bonds. The van der Waals surface area contributed by atoms with Crippen molar-refractivity contribution >= 4 is 16.7 Å². The molecule has 1 aromatic carbocycles. The van der Waals surface area contributed by atoms with Gasteiger partial charge in [0, 0.05) is 30.6 Å². The average Bonchev–Trinajstić information content (AvgIpc) is 2.60. The Morgan fingerprint density at radius 3 is 2.88 bits per heavy atom. The number of hydrogen-bond acceptors (Lipinski definition) is 5. The van der Waals surface area contributed by atoms with Crippen LogP contribution in [-0.2, 0) is 0 Å². The summed E-state index contributed by atoms with van der Waals surface area (Å²) in [5.74, 6) is 2.00. The second-order valence-electron chi connectivity index (χ2n) is 5.93. The van der Waals surface area contributed by atoms with Crippen LogP contribution in [0.1, 0.15) is 5.56 Å². The van der Waals surface area contributed by atoms with Crippen molar-refractivity contribution in [2.75, 3.05) is 24.6 Å². The van der Waals surface area contributed by atoms with Crippen LogP contribution < -0.4 is 9.64 Å². The predicted molar refractivity (Wildman–Crippen MR) is 91.9 cm³/mol. The molecule has 0 aliphatic carbocycles. The van der Waals surface area contributed by atoms with Crippen molar-refractivity contribution in [1.29, 1.82) is 5.26 Å². The molecular formula is C19H16N4O. The van der Waals surface area contributed by atoms with Gasteiger partial charge in [-0.05, 0) is 24.3 Å². The van der Waals surface area contributed by atoms with Crippen LogP contribution in [-0.4, -0.2) is 29.7 Å². The molecule has 0 bridgehead atoms. The zero-order valence-electron chi connectivity index (χ0n) is 13.1. The number of fused-ring (bicyclic) bond motifs is 1. The highest BCUT2D eigenvalue weighted by Crippen LogP contribution is 2.29. The molecule has 0 saturated carbocycles. The van der Waals surface area contributed by atoms with Gasteiger partial charge in [0.05, 0.1) is 23.9 Å². The van der Waals surface area contributed by atoms with E-state index in [1.807, 2.05) is 42.5 Å². The van der Waals surface area contributed by atoms with E-state index in [1.54, 1.807) is 12.4 Å². The fourth-order valence-electron chi connectivity index (χ4n) is 2.92. The van der Waals surface area contributed by atoms with Gasteiger partial charge in [0.25, 0.3) is 0 Å². The summed E-state index contributed by atoms with van der Waals surface area (Å²) >= 11 is 0. The zero-order chi connectivity index (χ0) is 16.4. The van der Waals surface area contributed by atoms with Gasteiger partial charge in [0.1, 0.15) is 17.6 Å². The third-order valence-electron chi connectivity index (χ3n) is 4.20. The third-order valence-corrected chi connectivity index (χ3v) is 4.20. The van der Waals surface area contributed by atoms with E-state index < -0.39 is 0 Å². The highest BCUT2D eigenvalue weighted by atomic mass is 16.5. The fraction of sp³-hybridized carbons (Fsp3) is 0.211. The first kappa shape index (κ1) is 14.5. The van der Waals surface area contributed by atoms with Crippen molar-refractivity contribution in [3.8, 4) is 11.8 Å². The molecule has 1 saturated heterocycles. The van der Waals surface area contributed by atoms with Gasteiger partial charge in [-0.25, -0.2) is 4.98 Å². The number of pyridine rings is 2. The average molecular weight is 316 g/mol. The first-order valence-corrected chi connectivity index (χ1v) is 7.91. The monoisotopic (exact) mass is 316 g/mol. The zero-order valence-corrected chi connectivity index (χ0v) is 13.1. The maximum Gasteiger partial charge on any atom is 0.147 e. The van der Waals surface area contributed by atoms with Crippen molar-refractivity contribution in [1.82, 2.24) is 9.97 Å². The molecule has 0 N–H and O–H groups in total. The van der Waals surface area contributed by atoms with Crippen molar-refractivity contribution in [3.63, 3.8) is 0 Å². The third kappa shape index (κ3) is 2.74. The summed E-state index contributed by atoms with van der Waals surface area (Å²) in [5.41, 5.74) is 1.54. The Morgan fingerprint density at radius 1 is 1.21 bits per heavy atom. The Kier molecular flexibility index (Phi) is 3.72. The van der Waals surface area contributed by atoms with Crippen molar-refractivity contribution in [2.24, 2.45) is 5.92 Å². The van der Waals surface area contributed by atoms with E-state index in [4.69, 9.17) is 4.74 Å². The fourth-order valence-corrected chi connectivity index (χ4v) is 2.92. The summed E-state index contributed by atoms with van der Waals surface area (Å²) < 4.78 is 5.75. The number of anilines is 1. The second kappa shape index (κ2) is 6.17. The van der Waals surface area contributed by atoms with Crippen LogP contribution in [0.15, 0.2) is 54.9 Å². The Bertz CT molecular complexity index is 898. The summed E-state index contributed by atoms with van der Waals surface area (Å²) in [6, 6.07) is 15.8. The normalized spacial score (nSPS) is 14.2. The number of rotatable bonds is 4. The Hall–Kier alpha value is -3.13. The highest BCUT2D eigenvalue weighted by Gasteiger charge is 2.30. The Balaban J connectivity index is 1.45. The first-order chi connectivity index (χ1) is 11.8. The van der Waals surface area contributed by atoms with Crippen LogP contribution >= 0.6 is 0 Å². The first-order valence-electron chi connectivity index (χ1n) is 7.91. The van der Waals surface area contributed by atoms with E-state index in [1.165, 1.54) is 0 Å². The van der Waals surface area contributed by atoms with E-state index in [0.29, 0.717) is 18.1 Å². The highest BCUT2D eigenvalue weighted by molar-refractivity contribution is 5.83. The topological polar surface area (TPSA) is 62.0 Å². The molecule has 1 aliphatic heterocycles. The molecule has 0 spiro atoms. The van der Waals surface area contributed by atoms with Gasteiger partial charge in [-0.15, -0.1) is 0 Å². The van der Waals surface area contributed by atoms with Gasteiger partial charge in [-0.2, -0.15) is 5.26 Å². The Labute approximate surface area is 140 Å². The van der Waals surface area contributed by atoms with Crippen LogP contribution in [0.25, 0.3) is 10.9 Å². The summed E-state index contributed by atoms with van der Waals surface area (Å²) in [4.78, 5) is 10.9. The molecule has 3 aromatic rings. The van der Waals surface area contributed by atoms with Crippen molar-refractivity contribution in [2.45, 2.75) is 0 Å². The molecule has 3 heterocycles. The minimum atomic E-state index is 0.435.